The fraction of sp³-hybridized carbons (Fsp3) is 0.154. The Balaban J connectivity index is 2.51. The van der Waals surface area contributed by atoms with Gasteiger partial charge in [0.2, 0.25) is 0 Å². The van der Waals surface area contributed by atoms with Crippen LogP contribution in [-0.4, -0.2) is 11.7 Å². The fourth-order valence-corrected chi connectivity index (χ4v) is 1.50. The molecule has 0 fully saturated rings. The lowest BCUT2D eigenvalue weighted by Gasteiger charge is -2.01. The van der Waals surface area contributed by atoms with Crippen molar-refractivity contribution in [1.82, 2.24) is 0 Å². The Morgan fingerprint density at radius 2 is 2.00 bits per heavy atom. The van der Waals surface area contributed by atoms with Crippen molar-refractivity contribution in [3.8, 4) is 0 Å². The number of rotatable bonds is 2. The standard InChI is InChI=1S/C13H11NO4/c1-8(14-18-9(2)15)11-7-10-5-3-4-6-12(10)17-13(11)16/h3-7H,1-2H3/b14-8+. The van der Waals surface area contributed by atoms with Crippen LogP contribution in [0.1, 0.15) is 19.4 Å². The van der Waals surface area contributed by atoms with Crippen LogP contribution in [-0.2, 0) is 9.63 Å². The third-order valence-electron chi connectivity index (χ3n) is 2.34. The van der Waals surface area contributed by atoms with Crippen molar-refractivity contribution in [2.24, 2.45) is 5.16 Å². The zero-order valence-corrected chi connectivity index (χ0v) is 9.97. The number of fused-ring (bicyclic) bond motifs is 1. The highest BCUT2D eigenvalue weighted by molar-refractivity contribution is 6.00. The fourth-order valence-electron chi connectivity index (χ4n) is 1.50. The Morgan fingerprint density at radius 1 is 1.28 bits per heavy atom. The first-order chi connectivity index (χ1) is 8.58. The van der Waals surface area contributed by atoms with Crippen LogP contribution in [0.3, 0.4) is 0 Å². The molecule has 0 amide bonds. The van der Waals surface area contributed by atoms with Crippen molar-refractivity contribution in [3.63, 3.8) is 0 Å². The second kappa shape index (κ2) is 4.83. The Labute approximate surface area is 103 Å². The molecule has 1 aromatic heterocycles. The summed E-state index contributed by atoms with van der Waals surface area (Å²) in [6.45, 7) is 2.81. The quantitative estimate of drug-likeness (QED) is 0.351. The Morgan fingerprint density at radius 3 is 2.72 bits per heavy atom. The molecule has 2 aromatic rings. The Kier molecular flexibility index (Phi) is 3.23. The van der Waals surface area contributed by atoms with Crippen LogP contribution in [0.15, 0.2) is 44.7 Å². The number of nitrogens with zero attached hydrogens (tertiary/aromatic N) is 1. The van der Waals surface area contributed by atoms with Gasteiger partial charge in [-0.15, -0.1) is 0 Å². The van der Waals surface area contributed by atoms with Gasteiger partial charge in [-0.3, -0.25) is 0 Å². The second-order valence-electron chi connectivity index (χ2n) is 3.74. The van der Waals surface area contributed by atoms with Crippen molar-refractivity contribution in [1.29, 1.82) is 0 Å². The molecular formula is C13H11NO4. The first kappa shape index (κ1) is 12.0. The van der Waals surface area contributed by atoms with Crippen molar-refractivity contribution in [3.05, 3.63) is 46.3 Å². The molecule has 0 aliphatic heterocycles. The molecule has 0 atom stereocenters. The molecule has 0 spiro atoms. The molecule has 0 aliphatic rings. The number of carbonyl (C=O) groups is 1. The smallest absolute Gasteiger partial charge is 0.345 e. The minimum Gasteiger partial charge on any atom is -0.422 e. The van der Waals surface area contributed by atoms with E-state index in [1.807, 2.05) is 12.1 Å². The summed E-state index contributed by atoms with van der Waals surface area (Å²) in [6.07, 6.45) is 0. The molecule has 1 aromatic carbocycles. The first-order valence-electron chi connectivity index (χ1n) is 5.33. The van der Waals surface area contributed by atoms with E-state index in [0.717, 1.165) is 5.39 Å². The van der Waals surface area contributed by atoms with Gasteiger partial charge in [0, 0.05) is 12.3 Å². The molecule has 92 valence electrons. The monoisotopic (exact) mass is 245 g/mol. The van der Waals surface area contributed by atoms with Gasteiger partial charge in [0.15, 0.2) is 0 Å². The average Bonchev–Trinajstić information content (AvgIpc) is 2.35. The van der Waals surface area contributed by atoms with E-state index in [9.17, 15) is 9.59 Å². The molecule has 0 radical (unpaired) electrons. The number of hydrogen-bond acceptors (Lipinski definition) is 5. The summed E-state index contributed by atoms with van der Waals surface area (Å²) in [5, 5.41) is 4.35. The minimum absolute atomic E-state index is 0.273. The highest BCUT2D eigenvalue weighted by atomic mass is 16.7. The summed E-state index contributed by atoms with van der Waals surface area (Å²) >= 11 is 0. The van der Waals surface area contributed by atoms with Crippen LogP contribution in [0.25, 0.3) is 11.0 Å². The Hall–Kier alpha value is -2.43. The minimum atomic E-state index is -0.542. The summed E-state index contributed by atoms with van der Waals surface area (Å²) in [7, 11) is 0. The number of benzene rings is 1. The lowest BCUT2D eigenvalue weighted by molar-refractivity contribution is -0.140. The van der Waals surface area contributed by atoms with Crippen LogP contribution in [0, 0.1) is 0 Å². The van der Waals surface area contributed by atoms with Crippen LogP contribution in [0.2, 0.25) is 0 Å². The molecule has 5 nitrogen and oxygen atoms in total. The highest BCUT2D eigenvalue weighted by Gasteiger charge is 2.08. The van der Waals surface area contributed by atoms with Crippen LogP contribution in [0.5, 0.6) is 0 Å². The molecule has 0 unspecified atom stereocenters. The van der Waals surface area contributed by atoms with E-state index in [1.165, 1.54) is 6.92 Å². The van der Waals surface area contributed by atoms with Crippen molar-refractivity contribution < 1.29 is 14.0 Å². The van der Waals surface area contributed by atoms with E-state index < -0.39 is 11.6 Å². The van der Waals surface area contributed by atoms with Gasteiger partial charge >= 0.3 is 11.6 Å². The maximum atomic E-state index is 11.7. The molecule has 18 heavy (non-hydrogen) atoms. The maximum Gasteiger partial charge on any atom is 0.345 e. The Bertz CT molecular complexity index is 685. The summed E-state index contributed by atoms with van der Waals surface area (Å²) in [5.74, 6) is -0.542. The van der Waals surface area contributed by atoms with Crippen LogP contribution in [0.4, 0.5) is 0 Å². The highest BCUT2D eigenvalue weighted by Crippen LogP contribution is 2.13. The lowest BCUT2D eigenvalue weighted by atomic mass is 10.1. The molecule has 0 N–H and O–H groups in total. The number of carbonyl (C=O) groups excluding carboxylic acids is 1. The van der Waals surface area contributed by atoms with Gasteiger partial charge in [0.1, 0.15) is 5.58 Å². The molecule has 0 aliphatic carbocycles. The van der Waals surface area contributed by atoms with Gasteiger partial charge in [-0.2, -0.15) is 0 Å². The van der Waals surface area contributed by atoms with Gasteiger partial charge in [0.05, 0.1) is 11.3 Å². The summed E-state index contributed by atoms with van der Waals surface area (Å²) in [5.41, 5.74) is 0.563. The maximum absolute atomic E-state index is 11.7. The van der Waals surface area contributed by atoms with Gasteiger partial charge in [-0.05, 0) is 19.1 Å². The van der Waals surface area contributed by atoms with Gasteiger partial charge in [-0.1, -0.05) is 23.4 Å². The average molecular weight is 245 g/mol. The van der Waals surface area contributed by atoms with E-state index in [-0.39, 0.29) is 5.56 Å². The van der Waals surface area contributed by atoms with Crippen LogP contribution >= 0.6 is 0 Å². The zero-order chi connectivity index (χ0) is 13.1. The van der Waals surface area contributed by atoms with E-state index in [4.69, 9.17) is 4.42 Å². The predicted octanol–water partition coefficient (Wildman–Crippen LogP) is 2.08. The van der Waals surface area contributed by atoms with Crippen LogP contribution < -0.4 is 5.63 Å². The summed E-state index contributed by atoms with van der Waals surface area (Å²) in [6, 6.07) is 8.80. The largest absolute Gasteiger partial charge is 0.422 e. The lowest BCUT2D eigenvalue weighted by Crippen LogP contribution is -2.12. The van der Waals surface area contributed by atoms with E-state index in [0.29, 0.717) is 11.3 Å². The molecule has 5 heteroatoms. The van der Waals surface area contributed by atoms with Crippen molar-refractivity contribution in [2.45, 2.75) is 13.8 Å². The molecular weight excluding hydrogens is 234 g/mol. The van der Waals surface area contributed by atoms with E-state index in [2.05, 4.69) is 9.99 Å². The predicted molar refractivity (Wildman–Crippen MR) is 66.5 cm³/mol. The van der Waals surface area contributed by atoms with E-state index >= 15 is 0 Å². The van der Waals surface area contributed by atoms with Gasteiger partial charge in [0.25, 0.3) is 0 Å². The molecule has 0 saturated carbocycles. The third kappa shape index (κ3) is 2.45. The second-order valence-corrected chi connectivity index (χ2v) is 3.74. The SMILES string of the molecule is CC(=O)O/N=C(\C)c1cc2ccccc2oc1=O. The molecule has 0 bridgehead atoms. The number of oxime groups is 1. The zero-order valence-electron chi connectivity index (χ0n) is 9.97. The number of para-hydroxylation sites is 1. The van der Waals surface area contributed by atoms with Crippen molar-refractivity contribution >= 4 is 22.7 Å². The van der Waals surface area contributed by atoms with E-state index in [1.54, 1.807) is 25.1 Å². The van der Waals surface area contributed by atoms with Crippen molar-refractivity contribution in [2.75, 3.05) is 0 Å². The topological polar surface area (TPSA) is 68.9 Å². The number of hydrogen-bond donors (Lipinski definition) is 0. The van der Waals surface area contributed by atoms with Gasteiger partial charge in [-0.25, -0.2) is 9.59 Å². The molecule has 2 rings (SSSR count). The molecule has 0 saturated heterocycles. The summed E-state index contributed by atoms with van der Waals surface area (Å²) in [4.78, 5) is 26.9. The molecule has 1 heterocycles. The first-order valence-corrected chi connectivity index (χ1v) is 5.33. The third-order valence-corrected chi connectivity index (χ3v) is 2.34. The van der Waals surface area contributed by atoms with Gasteiger partial charge < -0.3 is 9.25 Å². The summed E-state index contributed by atoms with van der Waals surface area (Å²) < 4.78 is 5.14. The normalized spacial score (nSPS) is 11.6.